The summed E-state index contributed by atoms with van der Waals surface area (Å²) in [4.78, 5) is 12.9. The number of rotatable bonds is 4. The van der Waals surface area contributed by atoms with Gasteiger partial charge >= 0.3 is 6.29 Å². The van der Waals surface area contributed by atoms with E-state index in [0.29, 0.717) is 16.9 Å². The summed E-state index contributed by atoms with van der Waals surface area (Å²) in [6, 6.07) is 18.6. The lowest BCUT2D eigenvalue weighted by Gasteiger charge is -2.12. The minimum absolute atomic E-state index is 0.101. The maximum absolute atomic E-state index is 13.4. The molecule has 3 aromatic rings. The number of benzene rings is 3. The monoisotopic (exact) mass is 383 g/mol. The summed E-state index contributed by atoms with van der Waals surface area (Å²) in [5, 5.41) is 2.63. The van der Waals surface area contributed by atoms with Gasteiger partial charge in [0, 0.05) is 5.56 Å². The molecule has 0 fully saturated rings. The zero-order valence-electron chi connectivity index (χ0n) is 14.7. The van der Waals surface area contributed by atoms with Gasteiger partial charge < -0.3 is 19.5 Å². The van der Waals surface area contributed by atoms with Gasteiger partial charge in [-0.2, -0.15) is 0 Å². The van der Waals surface area contributed by atoms with Crippen molar-refractivity contribution >= 4 is 11.6 Å². The zero-order chi connectivity index (χ0) is 19.7. The molecule has 0 atom stereocenters. The molecule has 3 aromatic carbocycles. The number of methoxy groups -OCH3 is 1. The van der Waals surface area contributed by atoms with Crippen LogP contribution < -0.4 is 19.5 Å². The molecule has 0 saturated heterocycles. The number of carbonyl (C=O) groups excluding carboxylic acids is 1. The number of carbonyl (C=O) groups is 1. The third kappa shape index (κ3) is 3.34. The highest BCUT2D eigenvalue weighted by Crippen LogP contribution is 2.45. The summed E-state index contributed by atoms with van der Waals surface area (Å²) >= 11 is 0. The fraction of sp³-hybridized carbons (Fsp3) is 0.0952. The van der Waals surface area contributed by atoms with Gasteiger partial charge in [0.2, 0.25) is 0 Å². The highest BCUT2D eigenvalue weighted by atomic mass is 19.3. The number of nitrogens with one attached hydrogen (secondary N) is 1. The highest BCUT2D eigenvalue weighted by Gasteiger charge is 2.44. The number of ether oxygens (including phenoxy) is 3. The predicted molar refractivity (Wildman–Crippen MR) is 99.0 cm³/mol. The third-order valence-electron chi connectivity index (χ3n) is 4.25. The predicted octanol–water partition coefficient (Wildman–Crippen LogP) is 4.94. The number of alkyl halides is 2. The minimum atomic E-state index is -3.76. The summed E-state index contributed by atoms with van der Waals surface area (Å²) in [6.07, 6.45) is -3.76. The lowest BCUT2D eigenvalue weighted by atomic mass is 9.99. The first-order chi connectivity index (χ1) is 13.5. The van der Waals surface area contributed by atoms with E-state index in [0.717, 1.165) is 5.56 Å². The Morgan fingerprint density at radius 2 is 1.71 bits per heavy atom. The minimum Gasteiger partial charge on any atom is -0.497 e. The number of halogens is 2. The summed E-state index contributed by atoms with van der Waals surface area (Å²) < 4.78 is 40.8. The fourth-order valence-electron chi connectivity index (χ4n) is 2.96. The van der Waals surface area contributed by atoms with E-state index < -0.39 is 12.2 Å². The standard InChI is InChI=1S/C21H15F2NO4/c1-26-14-11-9-13(10-12-14)15-5-2-3-6-16(15)20(25)24-17-7-4-8-18-19(17)28-21(22,23)27-18/h2-12H,1H3,(H,24,25). The van der Waals surface area contributed by atoms with Crippen LogP contribution in [0, 0.1) is 0 Å². The number of hydrogen-bond acceptors (Lipinski definition) is 4. The van der Waals surface area contributed by atoms with Crippen molar-refractivity contribution < 1.29 is 27.8 Å². The maximum Gasteiger partial charge on any atom is 0.586 e. The van der Waals surface area contributed by atoms with Crippen LogP contribution in [-0.4, -0.2) is 19.3 Å². The molecule has 142 valence electrons. The third-order valence-corrected chi connectivity index (χ3v) is 4.25. The Bertz CT molecular complexity index is 1030. The van der Waals surface area contributed by atoms with Crippen LogP contribution in [0.3, 0.4) is 0 Å². The Morgan fingerprint density at radius 1 is 0.964 bits per heavy atom. The summed E-state index contributed by atoms with van der Waals surface area (Å²) in [5.41, 5.74) is 1.99. The Balaban J connectivity index is 1.65. The first-order valence-corrected chi connectivity index (χ1v) is 8.40. The van der Waals surface area contributed by atoms with Crippen LogP contribution in [0.15, 0.2) is 66.7 Å². The van der Waals surface area contributed by atoms with Crippen LogP contribution in [0.1, 0.15) is 10.4 Å². The quantitative estimate of drug-likeness (QED) is 0.694. The van der Waals surface area contributed by atoms with Crippen LogP contribution in [0.25, 0.3) is 11.1 Å². The molecule has 0 saturated carbocycles. The number of para-hydroxylation sites is 1. The van der Waals surface area contributed by atoms with Crippen LogP contribution in [-0.2, 0) is 0 Å². The second-order valence-corrected chi connectivity index (χ2v) is 6.03. The molecule has 0 radical (unpaired) electrons. The van der Waals surface area contributed by atoms with Gasteiger partial charge in [-0.25, -0.2) is 0 Å². The molecule has 0 aromatic heterocycles. The zero-order valence-corrected chi connectivity index (χ0v) is 14.7. The van der Waals surface area contributed by atoms with E-state index in [4.69, 9.17) is 4.74 Å². The van der Waals surface area contributed by atoms with E-state index in [1.54, 1.807) is 37.4 Å². The van der Waals surface area contributed by atoms with E-state index in [-0.39, 0.29) is 17.2 Å². The van der Waals surface area contributed by atoms with Gasteiger partial charge in [-0.15, -0.1) is 8.78 Å². The van der Waals surface area contributed by atoms with Gasteiger partial charge in [-0.1, -0.05) is 36.4 Å². The molecular weight excluding hydrogens is 368 g/mol. The molecule has 1 aliphatic heterocycles. The fourth-order valence-corrected chi connectivity index (χ4v) is 2.96. The molecular formula is C21H15F2NO4. The van der Waals surface area contributed by atoms with Crippen LogP contribution in [0.4, 0.5) is 14.5 Å². The van der Waals surface area contributed by atoms with E-state index in [1.807, 2.05) is 18.2 Å². The number of fused-ring (bicyclic) bond motifs is 1. The lowest BCUT2D eigenvalue weighted by molar-refractivity contribution is -0.286. The lowest BCUT2D eigenvalue weighted by Crippen LogP contribution is -2.26. The molecule has 7 heteroatoms. The molecule has 5 nitrogen and oxygen atoms in total. The SMILES string of the molecule is COc1ccc(-c2ccccc2C(=O)Nc2cccc3c2OC(F)(F)O3)cc1. The van der Waals surface area contributed by atoms with Gasteiger partial charge in [0.05, 0.1) is 12.8 Å². The molecule has 1 amide bonds. The van der Waals surface area contributed by atoms with Crippen molar-refractivity contribution in [2.24, 2.45) is 0 Å². The normalized spacial score (nSPS) is 13.8. The van der Waals surface area contributed by atoms with Crippen molar-refractivity contribution in [3.63, 3.8) is 0 Å². The summed E-state index contributed by atoms with van der Waals surface area (Å²) in [5.74, 6) is -0.101. The molecule has 1 aliphatic rings. The van der Waals surface area contributed by atoms with Crippen molar-refractivity contribution in [1.82, 2.24) is 0 Å². The first-order valence-electron chi connectivity index (χ1n) is 8.40. The van der Waals surface area contributed by atoms with Crippen molar-refractivity contribution in [3.8, 4) is 28.4 Å². The Morgan fingerprint density at radius 3 is 2.46 bits per heavy atom. The molecule has 0 spiro atoms. The van der Waals surface area contributed by atoms with Crippen LogP contribution >= 0.6 is 0 Å². The van der Waals surface area contributed by atoms with Crippen LogP contribution in [0.2, 0.25) is 0 Å². The molecule has 4 rings (SSSR count). The highest BCUT2D eigenvalue weighted by molar-refractivity contribution is 6.09. The largest absolute Gasteiger partial charge is 0.586 e. The van der Waals surface area contributed by atoms with Gasteiger partial charge in [-0.05, 0) is 41.5 Å². The average molecular weight is 383 g/mol. The first kappa shape index (κ1) is 17.8. The van der Waals surface area contributed by atoms with Gasteiger partial charge in [0.1, 0.15) is 5.75 Å². The molecule has 1 heterocycles. The van der Waals surface area contributed by atoms with Crippen molar-refractivity contribution in [3.05, 3.63) is 72.3 Å². The molecule has 0 bridgehead atoms. The Kier molecular flexibility index (Phi) is 4.35. The summed E-state index contributed by atoms with van der Waals surface area (Å²) in [7, 11) is 1.57. The van der Waals surface area contributed by atoms with E-state index in [9.17, 15) is 13.6 Å². The molecule has 28 heavy (non-hydrogen) atoms. The van der Waals surface area contributed by atoms with E-state index in [1.165, 1.54) is 18.2 Å². The number of anilines is 1. The number of hydrogen-bond donors (Lipinski definition) is 1. The molecule has 0 unspecified atom stereocenters. The second kappa shape index (κ2) is 6.84. The van der Waals surface area contributed by atoms with E-state index in [2.05, 4.69) is 14.8 Å². The molecule has 0 aliphatic carbocycles. The summed E-state index contributed by atoms with van der Waals surface area (Å²) in [6.45, 7) is 0. The molecule has 1 N–H and O–H groups in total. The Labute approximate surface area is 159 Å². The topological polar surface area (TPSA) is 56.8 Å². The van der Waals surface area contributed by atoms with Crippen molar-refractivity contribution in [2.75, 3.05) is 12.4 Å². The van der Waals surface area contributed by atoms with Crippen LogP contribution in [0.5, 0.6) is 17.2 Å². The van der Waals surface area contributed by atoms with Gasteiger partial charge in [0.25, 0.3) is 5.91 Å². The average Bonchev–Trinajstić information content (AvgIpc) is 3.03. The number of amides is 1. The second-order valence-electron chi connectivity index (χ2n) is 6.03. The van der Waals surface area contributed by atoms with Gasteiger partial charge in [0.15, 0.2) is 11.5 Å². The maximum atomic E-state index is 13.4. The van der Waals surface area contributed by atoms with Crippen molar-refractivity contribution in [1.29, 1.82) is 0 Å². The smallest absolute Gasteiger partial charge is 0.497 e. The Hall–Kier alpha value is -3.61. The van der Waals surface area contributed by atoms with Crippen molar-refractivity contribution in [2.45, 2.75) is 6.29 Å². The van der Waals surface area contributed by atoms with E-state index >= 15 is 0 Å². The van der Waals surface area contributed by atoms with Gasteiger partial charge in [-0.3, -0.25) is 4.79 Å².